The quantitative estimate of drug-likeness (QED) is 0.360. The molecular formula is C7H16N4. The topological polar surface area (TPSA) is 79.1 Å². The van der Waals surface area contributed by atoms with Crippen molar-refractivity contribution in [3.63, 3.8) is 0 Å². The van der Waals surface area contributed by atoms with Gasteiger partial charge in [0.2, 0.25) is 0 Å². The Labute approximate surface area is 67.0 Å². The van der Waals surface area contributed by atoms with Crippen molar-refractivity contribution in [1.82, 2.24) is 4.90 Å². The number of hydrogen-bond donors (Lipinski definition) is 3. The standard InChI is InChI=1S/C7H16N4/c8-5-6-3-1-2-4-11(6)7(9)10/h6H,1-5,8H2,(H3,9,10)/t6-/m0/s1. The Bertz CT molecular complexity index is 145. The molecule has 1 aliphatic heterocycles. The van der Waals surface area contributed by atoms with Crippen LogP contribution in [0.1, 0.15) is 19.3 Å². The van der Waals surface area contributed by atoms with E-state index in [0.29, 0.717) is 12.6 Å². The molecule has 64 valence electrons. The highest BCUT2D eigenvalue weighted by molar-refractivity contribution is 5.75. The van der Waals surface area contributed by atoms with E-state index in [4.69, 9.17) is 16.9 Å². The zero-order valence-electron chi connectivity index (χ0n) is 6.71. The van der Waals surface area contributed by atoms with Crippen LogP contribution in [0.4, 0.5) is 0 Å². The van der Waals surface area contributed by atoms with E-state index < -0.39 is 0 Å². The van der Waals surface area contributed by atoms with Crippen molar-refractivity contribution in [3.8, 4) is 0 Å². The number of nitrogens with two attached hydrogens (primary N) is 2. The van der Waals surface area contributed by atoms with Crippen LogP contribution in [0.25, 0.3) is 0 Å². The molecule has 0 unspecified atom stereocenters. The fourth-order valence-electron chi connectivity index (χ4n) is 1.56. The van der Waals surface area contributed by atoms with E-state index in [0.717, 1.165) is 19.4 Å². The van der Waals surface area contributed by atoms with Gasteiger partial charge in [0.1, 0.15) is 0 Å². The number of nitrogens with one attached hydrogen (secondary N) is 1. The van der Waals surface area contributed by atoms with Crippen LogP contribution in [0.5, 0.6) is 0 Å². The summed E-state index contributed by atoms with van der Waals surface area (Å²) in [6, 6.07) is 0.307. The summed E-state index contributed by atoms with van der Waals surface area (Å²) in [5.74, 6) is 0.167. The molecule has 4 heteroatoms. The number of piperidine rings is 1. The van der Waals surface area contributed by atoms with Crippen molar-refractivity contribution in [3.05, 3.63) is 0 Å². The molecule has 0 bridgehead atoms. The third-order valence-corrected chi connectivity index (χ3v) is 2.21. The molecule has 0 amide bonds. The number of nitrogens with zero attached hydrogens (tertiary/aromatic N) is 1. The molecule has 4 nitrogen and oxygen atoms in total. The smallest absolute Gasteiger partial charge is 0.188 e. The molecule has 5 N–H and O–H groups in total. The van der Waals surface area contributed by atoms with Crippen molar-refractivity contribution in [2.24, 2.45) is 11.5 Å². The van der Waals surface area contributed by atoms with Gasteiger partial charge in [0.15, 0.2) is 5.96 Å². The number of hydrogen-bond acceptors (Lipinski definition) is 2. The Hall–Kier alpha value is -0.770. The Morgan fingerprint density at radius 3 is 2.73 bits per heavy atom. The lowest BCUT2D eigenvalue weighted by molar-refractivity contribution is 0.243. The summed E-state index contributed by atoms with van der Waals surface area (Å²) in [6.45, 7) is 1.51. The van der Waals surface area contributed by atoms with Crippen molar-refractivity contribution in [1.29, 1.82) is 5.41 Å². The third-order valence-electron chi connectivity index (χ3n) is 2.21. The second-order valence-electron chi connectivity index (χ2n) is 2.96. The first-order valence-corrected chi connectivity index (χ1v) is 4.06. The first-order chi connectivity index (χ1) is 5.25. The van der Waals surface area contributed by atoms with Crippen LogP contribution in [-0.2, 0) is 0 Å². The maximum absolute atomic E-state index is 7.27. The molecule has 1 heterocycles. The van der Waals surface area contributed by atoms with Crippen LogP contribution < -0.4 is 11.5 Å². The lowest BCUT2D eigenvalue weighted by atomic mass is 10.0. The predicted molar refractivity (Wildman–Crippen MR) is 45.3 cm³/mol. The highest BCUT2D eigenvalue weighted by Gasteiger charge is 2.21. The van der Waals surface area contributed by atoms with E-state index in [1.54, 1.807) is 0 Å². The largest absolute Gasteiger partial charge is 0.370 e. The van der Waals surface area contributed by atoms with Crippen molar-refractivity contribution >= 4 is 5.96 Å². The molecule has 0 radical (unpaired) electrons. The van der Waals surface area contributed by atoms with Gasteiger partial charge in [0.25, 0.3) is 0 Å². The molecule has 11 heavy (non-hydrogen) atoms. The monoisotopic (exact) mass is 156 g/mol. The molecule has 0 aromatic rings. The molecule has 0 aromatic carbocycles. The Balaban J connectivity index is 2.51. The number of guanidine groups is 1. The second kappa shape index (κ2) is 3.57. The fourth-order valence-corrected chi connectivity index (χ4v) is 1.56. The van der Waals surface area contributed by atoms with Gasteiger partial charge in [-0.1, -0.05) is 0 Å². The minimum atomic E-state index is 0.167. The van der Waals surface area contributed by atoms with Crippen LogP contribution in [0, 0.1) is 5.41 Å². The summed E-state index contributed by atoms with van der Waals surface area (Å²) < 4.78 is 0. The Kier molecular flexibility index (Phi) is 2.70. The molecule has 0 aromatic heterocycles. The SMILES string of the molecule is N=C(N)N1CCCC[C@H]1CN. The highest BCUT2D eigenvalue weighted by Crippen LogP contribution is 2.14. The fraction of sp³-hybridized carbons (Fsp3) is 0.857. The Morgan fingerprint density at radius 2 is 2.27 bits per heavy atom. The molecule has 0 spiro atoms. The molecule has 1 fully saturated rings. The van der Waals surface area contributed by atoms with E-state index in [-0.39, 0.29) is 5.96 Å². The summed E-state index contributed by atoms with van der Waals surface area (Å²) in [6.07, 6.45) is 3.43. The van der Waals surface area contributed by atoms with Crippen LogP contribution in [0.2, 0.25) is 0 Å². The van der Waals surface area contributed by atoms with E-state index in [9.17, 15) is 0 Å². The molecule has 0 saturated carbocycles. The molecule has 1 saturated heterocycles. The van der Waals surface area contributed by atoms with Crippen LogP contribution in [-0.4, -0.2) is 30.0 Å². The van der Waals surface area contributed by atoms with Gasteiger partial charge in [0, 0.05) is 19.1 Å². The summed E-state index contributed by atoms with van der Waals surface area (Å²) in [5.41, 5.74) is 10.9. The lowest BCUT2D eigenvalue weighted by Crippen LogP contribution is -2.50. The van der Waals surface area contributed by atoms with Crippen molar-refractivity contribution < 1.29 is 0 Å². The van der Waals surface area contributed by atoms with Gasteiger partial charge in [-0.2, -0.15) is 0 Å². The van der Waals surface area contributed by atoms with E-state index in [1.165, 1.54) is 6.42 Å². The van der Waals surface area contributed by atoms with Gasteiger partial charge >= 0.3 is 0 Å². The van der Waals surface area contributed by atoms with E-state index in [2.05, 4.69) is 0 Å². The zero-order chi connectivity index (χ0) is 8.27. The van der Waals surface area contributed by atoms with Gasteiger partial charge in [-0.25, -0.2) is 0 Å². The van der Waals surface area contributed by atoms with Gasteiger partial charge in [-0.3, -0.25) is 5.41 Å². The lowest BCUT2D eigenvalue weighted by Gasteiger charge is -2.35. The molecule has 1 aliphatic rings. The first kappa shape index (κ1) is 8.33. The summed E-state index contributed by atoms with van der Waals surface area (Å²) in [4.78, 5) is 1.89. The van der Waals surface area contributed by atoms with Gasteiger partial charge in [0.05, 0.1) is 0 Å². The molecule has 1 rings (SSSR count). The first-order valence-electron chi connectivity index (χ1n) is 4.06. The highest BCUT2D eigenvalue weighted by atomic mass is 15.3. The van der Waals surface area contributed by atoms with E-state index in [1.807, 2.05) is 4.90 Å². The molecule has 1 atom stereocenters. The number of rotatable bonds is 1. The zero-order valence-corrected chi connectivity index (χ0v) is 6.71. The Morgan fingerprint density at radius 1 is 1.55 bits per heavy atom. The third kappa shape index (κ3) is 1.83. The predicted octanol–water partition coefficient (Wildman–Crippen LogP) is -0.307. The summed E-state index contributed by atoms with van der Waals surface area (Å²) in [5, 5.41) is 7.27. The van der Waals surface area contributed by atoms with E-state index >= 15 is 0 Å². The van der Waals surface area contributed by atoms with Crippen molar-refractivity contribution in [2.75, 3.05) is 13.1 Å². The maximum atomic E-state index is 7.27. The van der Waals surface area contributed by atoms with Gasteiger partial charge in [-0.05, 0) is 19.3 Å². The average Bonchev–Trinajstić information content (AvgIpc) is 2.04. The summed E-state index contributed by atoms with van der Waals surface area (Å²) in [7, 11) is 0. The molecule has 0 aliphatic carbocycles. The minimum absolute atomic E-state index is 0.167. The van der Waals surface area contributed by atoms with Crippen LogP contribution >= 0.6 is 0 Å². The average molecular weight is 156 g/mol. The summed E-state index contributed by atoms with van der Waals surface area (Å²) >= 11 is 0. The number of likely N-dealkylation sites (tertiary alicyclic amines) is 1. The second-order valence-corrected chi connectivity index (χ2v) is 2.96. The van der Waals surface area contributed by atoms with Gasteiger partial charge < -0.3 is 16.4 Å². The minimum Gasteiger partial charge on any atom is -0.370 e. The van der Waals surface area contributed by atoms with Crippen LogP contribution in [0.15, 0.2) is 0 Å². The van der Waals surface area contributed by atoms with Crippen LogP contribution in [0.3, 0.4) is 0 Å². The van der Waals surface area contributed by atoms with Gasteiger partial charge in [-0.15, -0.1) is 0 Å². The normalized spacial score (nSPS) is 25.2. The molecular weight excluding hydrogens is 140 g/mol. The maximum Gasteiger partial charge on any atom is 0.188 e. The van der Waals surface area contributed by atoms with Crippen molar-refractivity contribution in [2.45, 2.75) is 25.3 Å².